The fraction of sp³-hybridized carbons (Fsp3) is 0.172. The lowest BCUT2D eigenvalue weighted by Gasteiger charge is -2.30. The summed E-state index contributed by atoms with van der Waals surface area (Å²) in [6.45, 7) is -0.425. The van der Waals surface area contributed by atoms with E-state index in [-0.39, 0.29) is 10.8 Å². The van der Waals surface area contributed by atoms with Gasteiger partial charge in [0.2, 0.25) is 17.7 Å². The van der Waals surface area contributed by atoms with Gasteiger partial charge in [-0.25, -0.2) is 4.90 Å². The van der Waals surface area contributed by atoms with Gasteiger partial charge in [-0.05, 0) is 54.1 Å². The number of aromatic hydroxyl groups is 1. The lowest BCUT2D eigenvalue weighted by atomic mass is 9.83. The number of fused-ring (bicyclic) bond motifs is 2. The molecule has 3 amide bonds. The molecule has 0 aliphatic carbocycles. The van der Waals surface area contributed by atoms with Crippen LogP contribution in [-0.4, -0.2) is 32.6 Å². The first kappa shape index (κ1) is 29.0. The molecule has 6 rings (SSSR count). The third kappa shape index (κ3) is 5.21. The number of hydrogen-bond acceptors (Lipinski definition) is 7. The molecule has 0 bridgehead atoms. The van der Waals surface area contributed by atoms with Gasteiger partial charge >= 0.3 is 11.0 Å². The molecule has 0 radical (unpaired) electrons. The second kappa shape index (κ2) is 10.9. The highest BCUT2D eigenvalue weighted by Gasteiger charge is 2.57. The van der Waals surface area contributed by atoms with Crippen molar-refractivity contribution in [3.63, 3.8) is 0 Å². The molecule has 2 aliphatic rings. The van der Waals surface area contributed by atoms with E-state index in [1.807, 2.05) is 0 Å². The molecule has 0 unspecified atom stereocenters. The Morgan fingerprint density at radius 2 is 1.63 bits per heavy atom. The molecule has 3 atom stereocenters. The average Bonchev–Trinajstić information content (AvgIpc) is 3.40. The van der Waals surface area contributed by atoms with E-state index in [1.54, 1.807) is 24.3 Å². The molecule has 3 aromatic carbocycles. The molecule has 43 heavy (non-hydrogen) atoms. The van der Waals surface area contributed by atoms with Gasteiger partial charge in [0.25, 0.3) is 0 Å². The number of imide groups is 1. The van der Waals surface area contributed by atoms with Crippen LogP contribution < -0.4 is 15.1 Å². The summed E-state index contributed by atoms with van der Waals surface area (Å²) in [5.74, 6) is -4.21. The summed E-state index contributed by atoms with van der Waals surface area (Å²) >= 11 is 7.79. The van der Waals surface area contributed by atoms with Gasteiger partial charge in [0.15, 0.2) is 0 Å². The molecule has 0 saturated carbocycles. The summed E-state index contributed by atoms with van der Waals surface area (Å²) in [6, 6.07) is 16.5. The van der Waals surface area contributed by atoms with Crippen molar-refractivity contribution in [1.29, 1.82) is 0 Å². The van der Waals surface area contributed by atoms with E-state index in [0.29, 0.717) is 26.1 Å². The van der Waals surface area contributed by atoms with Gasteiger partial charge in [-0.3, -0.25) is 23.7 Å². The zero-order valence-electron chi connectivity index (χ0n) is 21.7. The maximum atomic E-state index is 13.9. The summed E-state index contributed by atoms with van der Waals surface area (Å²) < 4.78 is 42.9. The molecule has 0 spiro atoms. The molecule has 8 nitrogen and oxygen atoms in total. The van der Waals surface area contributed by atoms with Crippen LogP contribution in [0.2, 0.25) is 5.02 Å². The van der Waals surface area contributed by atoms with Gasteiger partial charge < -0.3 is 10.4 Å². The van der Waals surface area contributed by atoms with Crippen LogP contribution in [0.1, 0.15) is 21.9 Å². The van der Waals surface area contributed by atoms with Crippen LogP contribution in [0.15, 0.2) is 82.6 Å². The predicted molar refractivity (Wildman–Crippen MR) is 156 cm³/mol. The number of para-hydroxylation sites is 1. The van der Waals surface area contributed by atoms with E-state index in [1.165, 1.54) is 41.0 Å². The number of hydrogen-bond donors (Lipinski definition) is 2. The number of nitrogens with one attached hydrogen (secondary N) is 1. The van der Waals surface area contributed by atoms with Gasteiger partial charge in [-0.1, -0.05) is 59.0 Å². The summed E-state index contributed by atoms with van der Waals surface area (Å²) in [6.07, 6.45) is -4.82. The first-order valence-corrected chi connectivity index (χ1v) is 14.8. The van der Waals surface area contributed by atoms with Crippen molar-refractivity contribution < 1.29 is 32.7 Å². The van der Waals surface area contributed by atoms with Crippen LogP contribution in [0.3, 0.4) is 0 Å². The SMILES string of the molecule is O=C(Cn1c2c(sc1=O)[C@@H](c1ccc(Cl)cc1)[C@@H]1C(=O)N(c3ccccc3C(F)(F)F)C(=O)[C@@H]1S2)Nc1ccc(O)cc1. The number of rotatable bonds is 5. The first-order valence-electron chi connectivity index (χ1n) is 12.7. The number of anilines is 2. The van der Waals surface area contributed by atoms with Crippen molar-refractivity contribution in [3.05, 3.63) is 103 Å². The zero-order chi connectivity index (χ0) is 30.6. The number of nitrogens with zero attached hydrogens (tertiary/aromatic N) is 2. The Hall–Kier alpha value is -4.07. The summed E-state index contributed by atoms with van der Waals surface area (Å²) in [7, 11) is 0. The van der Waals surface area contributed by atoms with E-state index >= 15 is 0 Å². The third-order valence-electron chi connectivity index (χ3n) is 7.18. The fourth-order valence-electron chi connectivity index (χ4n) is 5.32. The highest BCUT2D eigenvalue weighted by Crippen LogP contribution is 2.54. The largest absolute Gasteiger partial charge is 0.508 e. The number of carbonyl (C=O) groups is 3. The molecular weight excluding hydrogens is 627 g/mol. The van der Waals surface area contributed by atoms with Crippen LogP contribution in [0.5, 0.6) is 5.75 Å². The Balaban J connectivity index is 1.43. The lowest BCUT2D eigenvalue weighted by Crippen LogP contribution is -2.33. The van der Waals surface area contributed by atoms with Crippen LogP contribution >= 0.6 is 34.7 Å². The Morgan fingerprint density at radius 1 is 0.953 bits per heavy atom. The smallest absolute Gasteiger partial charge is 0.418 e. The molecule has 220 valence electrons. The van der Waals surface area contributed by atoms with Gasteiger partial charge in [-0.2, -0.15) is 13.2 Å². The number of carbonyl (C=O) groups excluding carboxylic acids is 3. The van der Waals surface area contributed by atoms with E-state index < -0.39 is 63.7 Å². The highest BCUT2D eigenvalue weighted by atomic mass is 35.5. The van der Waals surface area contributed by atoms with Gasteiger partial charge in [0, 0.05) is 21.5 Å². The molecule has 2 aliphatic heterocycles. The molecule has 1 fully saturated rings. The number of aromatic nitrogens is 1. The lowest BCUT2D eigenvalue weighted by molar-refractivity contribution is -0.137. The average molecular weight is 646 g/mol. The van der Waals surface area contributed by atoms with Crippen LogP contribution in [0.4, 0.5) is 24.5 Å². The number of amides is 3. The Bertz CT molecular complexity index is 1820. The zero-order valence-corrected chi connectivity index (χ0v) is 24.1. The number of halogens is 4. The van der Waals surface area contributed by atoms with Gasteiger partial charge in [0.1, 0.15) is 17.5 Å². The second-order valence-corrected chi connectivity index (χ2v) is 12.4. The van der Waals surface area contributed by atoms with Crippen molar-refractivity contribution in [2.45, 2.75) is 28.9 Å². The van der Waals surface area contributed by atoms with Gasteiger partial charge in [-0.15, -0.1) is 0 Å². The van der Waals surface area contributed by atoms with Crippen LogP contribution in [0, 0.1) is 5.92 Å². The summed E-state index contributed by atoms with van der Waals surface area (Å²) in [4.78, 5) is 54.4. The number of phenolic OH excluding ortho intramolecular Hbond substituents is 1. The Kier molecular flexibility index (Phi) is 7.35. The standard InChI is InChI=1S/C29H19ClF3N3O5S2/c30-15-7-5-14(6-8-15)21-22-23(26(40)36(25(22)39)19-4-2-1-3-18(19)29(31,32)33)42-27-24(21)43-28(41)35(27)13-20(38)34-16-9-11-17(37)12-10-16/h1-12,21-23,37H,13H2,(H,34,38)/t21-,22-,23+/m0/s1. The highest BCUT2D eigenvalue weighted by molar-refractivity contribution is 8.00. The van der Waals surface area contributed by atoms with E-state index in [0.717, 1.165) is 35.2 Å². The van der Waals surface area contributed by atoms with Crippen LogP contribution in [0.25, 0.3) is 0 Å². The monoisotopic (exact) mass is 645 g/mol. The van der Waals surface area contributed by atoms with Crippen molar-refractivity contribution in [2.75, 3.05) is 10.2 Å². The second-order valence-electron chi connectivity index (χ2n) is 9.84. The Labute approximate surface area is 254 Å². The predicted octanol–water partition coefficient (Wildman–Crippen LogP) is 5.72. The maximum absolute atomic E-state index is 13.9. The van der Waals surface area contributed by atoms with Gasteiger partial charge in [0.05, 0.1) is 22.2 Å². The minimum Gasteiger partial charge on any atom is -0.508 e. The quantitative estimate of drug-likeness (QED) is 0.212. The molecule has 2 N–H and O–H groups in total. The minimum atomic E-state index is -4.82. The molecule has 1 aromatic heterocycles. The number of phenols is 1. The molecule has 4 aromatic rings. The van der Waals surface area contributed by atoms with Crippen molar-refractivity contribution in [2.24, 2.45) is 5.92 Å². The number of thioether (sulfide) groups is 1. The third-order valence-corrected chi connectivity index (χ3v) is 10.0. The molecule has 3 heterocycles. The number of alkyl halides is 3. The van der Waals surface area contributed by atoms with E-state index in [2.05, 4.69) is 5.32 Å². The van der Waals surface area contributed by atoms with Crippen molar-refractivity contribution >= 4 is 63.8 Å². The molecule has 14 heteroatoms. The fourth-order valence-corrected chi connectivity index (χ4v) is 8.22. The van der Waals surface area contributed by atoms with E-state index in [4.69, 9.17) is 11.6 Å². The Morgan fingerprint density at radius 3 is 2.30 bits per heavy atom. The maximum Gasteiger partial charge on any atom is 0.418 e. The van der Waals surface area contributed by atoms with E-state index in [9.17, 15) is 37.5 Å². The molecular formula is C29H19ClF3N3O5S2. The summed E-state index contributed by atoms with van der Waals surface area (Å²) in [5.41, 5.74) is -0.776. The number of thiazole rings is 1. The number of benzene rings is 3. The normalized spacial score (nSPS) is 19.7. The summed E-state index contributed by atoms with van der Waals surface area (Å²) in [5, 5.41) is 11.6. The molecule has 1 saturated heterocycles. The van der Waals surface area contributed by atoms with Crippen molar-refractivity contribution in [3.8, 4) is 5.75 Å². The van der Waals surface area contributed by atoms with Crippen LogP contribution in [-0.2, 0) is 27.1 Å². The van der Waals surface area contributed by atoms with Crippen molar-refractivity contribution in [1.82, 2.24) is 4.57 Å². The first-order chi connectivity index (χ1) is 20.4. The topological polar surface area (TPSA) is 109 Å². The minimum absolute atomic E-state index is 0.00277.